The molecule has 0 aromatic heterocycles. The van der Waals surface area contributed by atoms with Crippen molar-refractivity contribution in [1.29, 1.82) is 0 Å². The predicted molar refractivity (Wildman–Crippen MR) is 94.2 cm³/mol. The zero-order chi connectivity index (χ0) is 17.1. The average Bonchev–Trinajstić information content (AvgIpc) is 2.82. The molecule has 4 nitrogen and oxygen atoms in total. The Balaban J connectivity index is 1.71. The van der Waals surface area contributed by atoms with E-state index in [1.54, 1.807) is 42.5 Å². The van der Waals surface area contributed by atoms with Crippen molar-refractivity contribution in [1.82, 2.24) is 4.90 Å². The van der Waals surface area contributed by atoms with Crippen LogP contribution in [0.2, 0.25) is 5.02 Å². The summed E-state index contributed by atoms with van der Waals surface area (Å²) in [6.07, 6.45) is 1.57. The molecule has 0 unspecified atom stereocenters. The number of nitrogens with one attached hydrogen (secondary N) is 1. The molecule has 122 valence electrons. The maximum absolute atomic E-state index is 12.9. The van der Waals surface area contributed by atoms with E-state index in [2.05, 4.69) is 5.32 Å². The molecule has 1 N–H and O–H groups in total. The number of thioether (sulfide) groups is 1. The van der Waals surface area contributed by atoms with Gasteiger partial charge in [-0.15, -0.1) is 0 Å². The molecule has 1 fully saturated rings. The van der Waals surface area contributed by atoms with Gasteiger partial charge < -0.3 is 5.32 Å². The van der Waals surface area contributed by atoms with Crippen LogP contribution in [-0.4, -0.2) is 22.7 Å². The van der Waals surface area contributed by atoms with Crippen LogP contribution in [0.1, 0.15) is 5.56 Å². The number of benzene rings is 2. The zero-order valence-electron chi connectivity index (χ0n) is 12.3. The Morgan fingerprint density at radius 1 is 1.17 bits per heavy atom. The lowest BCUT2D eigenvalue weighted by molar-refractivity contribution is -0.122. The summed E-state index contributed by atoms with van der Waals surface area (Å²) in [6, 6.07) is 12.7. The van der Waals surface area contributed by atoms with Crippen LogP contribution in [0, 0.1) is 5.82 Å². The van der Waals surface area contributed by atoms with Gasteiger partial charge in [0.1, 0.15) is 5.82 Å². The number of hydrogen-bond acceptors (Lipinski definition) is 4. The summed E-state index contributed by atoms with van der Waals surface area (Å²) in [5.41, 5.74) is 1.37. The van der Waals surface area contributed by atoms with Gasteiger partial charge in [0.05, 0.1) is 11.6 Å². The van der Waals surface area contributed by atoms with E-state index < -0.39 is 0 Å². The highest BCUT2D eigenvalue weighted by molar-refractivity contribution is 8.18. The van der Waals surface area contributed by atoms with Gasteiger partial charge in [-0.05, 0) is 53.7 Å². The second kappa shape index (κ2) is 7.07. The van der Waals surface area contributed by atoms with Gasteiger partial charge in [0, 0.05) is 10.7 Å². The molecular formula is C17H12ClFN2O2S. The number of nitrogens with zero attached hydrogens (tertiary/aromatic N) is 1. The summed E-state index contributed by atoms with van der Waals surface area (Å²) in [5, 5.41) is 3.19. The third kappa shape index (κ3) is 3.77. The molecule has 2 aromatic carbocycles. The minimum atomic E-state index is -0.385. The Morgan fingerprint density at radius 3 is 2.62 bits per heavy atom. The van der Waals surface area contributed by atoms with Crippen molar-refractivity contribution in [2.75, 3.05) is 12.0 Å². The van der Waals surface area contributed by atoms with E-state index in [-0.39, 0.29) is 23.6 Å². The van der Waals surface area contributed by atoms with E-state index >= 15 is 0 Å². The molecule has 1 saturated heterocycles. The Morgan fingerprint density at radius 2 is 1.92 bits per heavy atom. The maximum Gasteiger partial charge on any atom is 0.295 e. The van der Waals surface area contributed by atoms with Crippen LogP contribution in [0.4, 0.5) is 14.9 Å². The standard InChI is InChI=1S/C17H12ClFN2O2S/c18-12-2-1-3-14(9-12)20-10-21-16(22)15(24-17(21)23)8-11-4-6-13(19)7-5-11/h1-9,20H,10H2/b15-8+. The molecule has 7 heteroatoms. The van der Waals surface area contributed by atoms with Crippen LogP contribution in [0.3, 0.4) is 0 Å². The van der Waals surface area contributed by atoms with Crippen molar-refractivity contribution in [2.24, 2.45) is 0 Å². The molecule has 24 heavy (non-hydrogen) atoms. The van der Waals surface area contributed by atoms with Crippen molar-refractivity contribution >= 4 is 46.3 Å². The first-order valence-corrected chi connectivity index (χ1v) is 8.23. The average molecular weight is 363 g/mol. The van der Waals surface area contributed by atoms with Crippen molar-refractivity contribution in [3.05, 3.63) is 69.8 Å². The van der Waals surface area contributed by atoms with E-state index in [9.17, 15) is 14.0 Å². The number of rotatable bonds is 4. The SMILES string of the molecule is O=C1S/C(=C/c2ccc(F)cc2)C(=O)N1CNc1cccc(Cl)c1. The number of carbonyl (C=O) groups excluding carboxylic acids is 2. The van der Waals surface area contributed by atoms with Gasteiger partial charge in [0.15, 0.2) is 0 Å². The highest BCUT2D eigenvalue weighted by atomic mass is 35.5. The fourth-order valence-corrected chi connectivity index (χ4v) is 3.14. The minimum absolute atomic E-state index is 0.0474. The second-order valence-corrected chi connectivity index (χ2v) is 6.44. The smallest absolute Gasteiger partial charge is 0.295 e. The molecule has 0 atom stereocenters. The van der Waals surface area contributed by atoms with Crippen molar-refractivity contribution in [3.63, 3.8) is 0 Å². The monoisotopic (exact) mass is 362 g/mol. The van der Waals surface area contributed by atoms with Gasteiger partial charge in [-0.1, -0.05) is 29.8 Å². The third-order valence-corrected chi connectivity index (χ3v) is 4.45. The number of amides is 2. The Labute approximate surface area is 147 Å². The number of carbonyl (C=O) groups is 2. The van der Waals surface area contributed by atoms with E-state index in [0.717, 1.165) is 16.7 Å². The summed E-state index contributed by atoms with van der Waals surface area (Å²) >= 11 is 6.75. The van der Waals surface area contributed by atoms with Crippen LogP contribution < -0.4 is 5.32 Å². The highest BCUT2D eigenvalue weighted by Crippen LogP contribution is 2.32. The van der Waals surface area contributed by atoms with Crippen LogP contribution in [0.15, 0.2) is 53.4 Å². The molecule has 0 radical (unpaired) electrons. The summed E-state index contributed by atoms with van der Waals surface area (Å²) < 4.78 is 12.9. The molecule has 0 saturated carbocycles. The van der Waals surface area contributed by atoms with Crippen LogP contribution in [0.25, 0.3) is 6.08 Å². The summed E-state index contributed by atoms with van der Waals surface area (Å²) in [5.74, 6) is -0.741. The Hall–Kier alpha value is -2.31. The first-order valence-electron chi connectivity index (χ1n) is 7.03. The van der Waals surface area contributed by atoms with Crippen molar-refractivity contribution in [2.45, 2.75) is 0 Å². The lowest BCUT2D eigenvalue weighted by atomic mass is 10.2. The van der Waals surface area contributed by atoms with Gasteiger partial charge in [0.25, 0.3) is 11.1 Å². The quantitative estimate of drug-likeness (QED) is 0.808. The van der Waals surface area contributed by atoms with Gasteiger partial charge in [-0.3, -0.25) is 14.5 Å². The molecule has 1 aliphatic rings. The van der Waals surface area contributed by atoms with E-state index in [0.29, 0.717) is 21.2 Å². The normalized spacial score (nSPS) is 16.1. The van der Waals surface area contributed by atoms with E-state index in [1.165, 1.54) is 12.1 Å². The first kappa shape index (κ1) is 16.5. The van der Waals surface area contributed by atoms with Crippen LogP contribution >= 0.6 is 23.4 Å². The molecule has 0 aliphatic carbocycles. The van der Waals surface area contributed by atoms with E-state index in [1.807, 2.05) is 0 Å². The van der Waals surface area contributed by atoms with Gasteiger partial charge in [-0.2, -0.15) is 0 Å². The fraction of sp³-hybridized carbons (Fsp3) is 0.0588. The maximum atomic E-state index is 12.9. The van der Waals surface area contributed by atoms with Crippen molar-refractivity contribution < 1.29 is 14.0 Å². The van der Waals surface area contributed by atoms with E-state index in [4.69, 9.17) is 11.6 Å². The summed E-state index contributed by atoms with van der Waals surface area (Å²) in [6.45, 7) is 0.0474. The minimum Gasteiger partial charge on any atom is -0.367 e. The number of anilines is 1. The number of hydrogen-bond donors (Lipinski definition) is 1. The molecule has 3 rings (SSSR count). The molecule has 2 amide bonds. The topological polar surface area (TPSA) is 49.4 Å². The molecule has 0 spiro atoms. The highest BCUT2D eigenvalue weighted by Gasteiger charge is 2.34. The Kier molecular flexibility index (Phi) is 4.87. The summed E-state index contributed by atoms with van der Waals surface area (Å²) in [7, 11) is 0. The molecular weight excluding hydrogens is 351 g/mol. The fourth-order valence-electron chi connectivity index (χ4n) is 2.12. The lowest BCUT2D eigenvalue weighted by Crippen LogP contribution is -2.33. The third-order valence-electron chi connectivity index (χ3n) is 3.31. The van der Waals surface area contributed by atoms with Crippen LogP contribution in [0.5, 0.6) is 0 Å². The second-order valence-electron chi connectivity index (χ2n) is 5.01. The molecule has 2 aromatic rings. The number of imide groups is 1. The van der Waals surface area contributed by atoms with Crippen LogP contribution in [-0.2, 0) is 4.79 Å². The predicted octanol–water partition coefficient (Wildman–Crippen LogP) is 4.59. The summed E-state index contributed by atoms with van der Waals surface area (Å²) in [4.78, 5) is 25.8. The molecule has 1 heterocycles. The molecule has 1 aliphatic heterocycles. The largest absolute Gasteiger partial charge is 0.367 e. The van der Waals surface area contributed by atoms with Gasteiger partial charge in [0.2, 0.25) is 0 Å². The number of halogens is 2. The first-order chi connectivity index (χ1) is 11.5. The molecule has 0 bridgehead atoms. The van der Waals surface area contributed by atoms with Gasteiger partial charge in [-0.25, -0.2) is 4.39 Å². The van der Waals surface area contributed by atoms with Crippen molar-refractivity contribution in [3.8, 4) is 0 Å². The lowest BCUT2D eigenvalue weighted by Gasteiger charge is -2.14. The van der Waals surface area contributed by atoms with Gasteiger partial charge >= 0.3 is 0 Å². The Bertz CT molecular complexity index is 824. The zero-order valence-corrected chi connectivity index (χ0v) is 13.9.